The highest BCUT2D eigenvalue weighted by Gasteiger charge is 2.37. The van der Waals surface area contributed by atoms with Crippen LogP contribution in [0.25, 0.3) is 11.0 Å². The number of carbonyl (C=O) groups excluding carboxylic acids is 2. The van der Waals surface area contributed by atoms with Gasteiger partial charge in [0.05, 0.1) is 17.5 Å². The van der Waals surface area contributed by atoms with Crippen LogP contribution < -0.4 is 4.90 Å². The Morgan fingerprint density at radius 1 is 1.39 bits per heavy atom. The molecule has 0 spiro atoms. The van der Waals surface area contributed by atoms with Crippen LogP contribution in [0.3, 0.4) is 0 Å². The molecule has 2 aromatic heterocycles. The molecule has 0 saturated carbocycles. The summed E-state index contributed by atoms with van der Waals surface area (Å²) in [7, 11) is 1.96. The van der Waals surface area contributed by atoms with Crippen LogP contribution in [0, 0.1) is 29.1 Å². The summed E-state index contributed by atoms with van der Waals surface area (Å²) < 4.78 is 0. The van der Waals surface area contributed by atoms with Crippen LogP contribution >= 0.6 is 0 Å². The Labute approximate surface area is 164 Å². The highest BCUT2D eigenvalue weighted by Crippen LogP contribution is 2.29. The maximum absolute atomic E-state index is 12.9. The van der Waals surface area contributed by atoms with Crippen molar-refractivity contribution < 1.29 is 9.59 Å². The minimum absolute atomic E-state index is 0.0270. The van der Waals surface area contributed by atoms with Gasteiger partial charge in [-0.15, -0.1) is 0 Å². The van der Waals surface area contributed by atoms with Crippen LogP contribution in [0.4, 0.5) is 5.82 Å². The van der Waals surface area contributed by atoms with Crippen LogP contribution in [-0.4, -0.2) is 57.7 Å². The predicted molar refractivity (Wildman–Crippen MR) is 105 cm³/mol. The van der Waals surface area contributed by atoms with Gasteiger partial charge in [-0.3, -0.25) is 9.59 Å². The number of Topliss-reactive ketones (excluding diaryl/α,β-unsaturated/α-hetero) is 1. The predicted octanol–water partition coefficient (Wildman–Crippen LogP) is 2.00. The molecule has 28 heavy (non-hydrogen) atoms. The van der Waals surface area contributed by atoms with E-state index in [1.807, 2.05) is 25.4 Å². The first kappa shape index (κ1) is 19.8. The van der Waals surface area contributed by atoms with Crippen molar-refractivity contribution in [3.63, 3.8) is 0 Å². The fourth-order valence-corrected chi connectivity index (χ4v) is 3.81. The summed E-state index contributed by atoms with van der Waals surface area (Å²) in [5.41, 5.74) is 0.764. The molecule has 3 atom stereocenters. The highest BCUT2D eigenvalue weighted by molar-refractivity contribution is 6.04. The lowest BCUT2D eigenvalue weighted by Gasteiger charge is -2.42. The Morgan fingerprint density at radius 3 is 2.82 bits per heavy atom. The molecule has 0 aromatic carbocycles. The van der Waals surface area contributed by atoms with E-state index in [2.05, 4.69) is 26.8 Å². The van der Waals surface area contributed by atoms with Crippen molar-refractivity contribution >= 4 is 28.5 Å². The third-order valence-electron chi connectivity index (χ3n) is 5.62. The zero-order valence-corrected chi connectivity index (χ0v) is 16.7. The number of aromatic amines is 1. The first-order valence-corrected chi connectivity index (χ1v) is 9.58. The number of anilines is 1. The topological polar surface area (TPSA) is 106 Å². The maximum atomic E-state index is 12.9. The van der Waals surface area contributed by atoms with Crippen molar-refractivity contribution in [1.82, 2.24) is 19.9 Å². The molecule has 1 aliphatic heterocycles. The van der Waals surface area contributed by atoms with Gasteiger partial charge in [-0.05, 0) is 18.4 Å². The number of ketones is 1. The van der Waals surface area contributed by atoms with E-state index in [1.54, 1.807) is 18.7 Å². The summed E-state index contributed by atoms with van der Waals surface area (Å²) in [6.07, 6.45) is 4.15. The van der Waals surface area contributed by atoms with E-state index in [0.717, 1.165) is 23.3 Å². The Bertz CT molecular complexity index is 915. The van der Waals surface area contributed by atoms with Gasteiger partial charge >= 0.3 is 0 Å². The molecule has 3 rings (SSSR count). The molecule has 1 N–H and O–H groups in total. The maximum Gasteiger partial charge on any atom is 0.247 e. The van der Waals surface area contributed by atoms with Gasteiger partial charge in [-0.2, -0.15) is 5.26 Å². The number of nitrogens with one attached hydrogen (secondary N) is 1. The number of nitrogens with zero attached hydrogens (tertiary/aromatic N) is 5. The molecule has 1 fully saturated rings. The lowest BCUT2D eigenvalue weighted by molar-refractivity contribution is -0.141. The molecule has 2 aromatic rings. The summed E-state index contributed by atoms with van der Waals surface area (Å²) in [6.45, 7) is 6.59. The van der Waals surface area contributed by atoms with Gasteiger partial charge in [0.15, 0.2) is 11.7 Å². The van der Waals surface area contributed by atoms with Crippen LogP contribution in [0.2, 0.25) is 0 Å². The number of amides is 1. The second kappa shape index (κ2) is 7.97. The minimum atomic E-state index is -1.23. The molecule has 1 saturated heterocycles. The Morgan fingerprint density at radius 2 is 2.14 bits per heavy atom. The van der Waals surface area contributed by atoms with E-state index in [4.69, 9.17) is 0 Å². The van der Waals surface area contributed by atoms with Crippen LogP contribution in [0.15, 0.2) is 18.6 Å². The van der Waals surface area contributed by atoms with Gasteiger partial charge in [-0.1, -0.05) is 20.8 Å². The highest BCUT2D eigenvalue weighted by atomic mass is 16.2. The minimum Gasteiger partial charge on any atom is -0.354 e. The van der Waals surface area contributed by atoms with E-state index in [0.29, 0.717) is 19.0 Å². The molecule has 0 aliphatic carbocycles. The third kappa shape index (κ3) is 3.57. The molecule has 3 heterocycles. The third-order valence-corrected chi connectivity index (χ3v) is 5.62. The average Bonchev–Trinajstić information content (AvgIpc) is 3.17. The summed E-state index contributed by atoms with van der Waals surface area (Å²) in [6, 6.07) is 3.87. The second-order valence-corrected chi connectivity index (χ2v) is 7.78. The number of fused-ring (bicyclic) bond motifs is 1. The van der Waals surface area contributed by atoms with Crippen molar-refractivity contribution in [3.05, 3.63) is 18.6 Å². The summed E-state index contributed by atoms with van der Waals surface area (Å²) >= 11 is 0. The number of rotatable bonds is 5. The summed E-state index contributed by atoms with van der Waals surface area (Å²) in [5, 5.41) is 10.3. The van der Waals surface area contributed by atoms with E-state index >= 15 is 0 Å². The number of aromatic nitrogens is 3. The second-order valence-electron chi connectivity index (χ2n) is 7.78. The van der Waals surface area contributed by atoms with Gasteiger partial charge < -0.3 is 14.8 Å². The SMILES string of the molecule is CC(C)C(=O)C(C#N)C(=O)N1CC[C@@H](C)C(N(C)c2ncnc3[nH]ccc23)C1. The fourth-order valence-electron chi connectivity index (χ4n) is 3.81. The number of hydrogen-bond donors (Lipinski definition) is 1. The Hall–Kier alpha value is -2.95. The van der Waals surface area contributed by atoms with E-state index in [1.165, 1.54) is 6.33 Å². The number of hydrogen-bond acceptors (Lipinski definition) is 6. The molecule has 1 amide bonds. The van der Waals surface area contributed by atoms with Gasteiger partial charge in [0.1, 0.15) is 17.8 Å². The molecule has 8 heteroatoms. The fraction of sp³-hybridized carbons (Fsp3) is 0.550. The van der Waals surface area contributed by atoms with Gasteiger partial charge in [0, 0.05) is 32.3 Å². The van der Waals surface area contributed by atoms with E-state index < -0.39 is 5.92 Å². The van der Waals surface area contributed by atoms with Crippen LogP contribution in [0.1, 0.15) is 27.2 Å². The molecular formula is C20H26N6O2. The first-order valence-electron chi connectivity index (χ1n) is 9.58. The molecular weight excluding hydrogens is 356 g/mol. The normalized spacial score (nSPS) is 20.8. The Balaban J connectivity index is 1.83. The van der Waals surface area contributed by atoms with Crippen molar-refractivity contribution in [1.29, 1.82) is 5.26 Å². The first-order chi connectivity index (χ1) is 13.3. The number of likely N-dealkylation sites (N-methyl/N-ethyl adjacent to an activating group) is 1. The quantitative estimate of drug-likeness (QED) is 0.793. The molecule has 0 radical (unpaired) electrons. The van der Waals surface area contributed by atoms with Gasteiger partial charge in [0.25, 0.3) is 0 Å². The van der Waals surface area contributed by atoms with Crippen molar-refractivity contribution in [2.75, 3.05) is 25.0 Å². The summed E-state index contributed by atoms with van der Waals surface area (Å²) in [4.78, 5) is 40.7. The van der Waals surface area contributed by atoms with E-state index in [-0.39, 0.29) is 23.7 Å². The van der Waals surface area contributed by atoms with Crippen molar-refractivity contribution in [3.8, 4) is 6.07 Å². The Kier molecular flexibility index (Phi) is 5.63. The number of likely N-dealkylation sites (tertiary alicyclic amines) is 1. The number of nitriles is 1. The number of piperidine rings is 1. The molecule has 1 aliphatic rings. The van der Waals surface area contributed by atoms with Crippen molar-refractivity contribution in [2.45, 2.75) is 33.2 Å². The molecule has 0 bridgehead atoms. The van der Waals surface area contributed by atoms with E-state index in [9.17, 15) is 14.9 Å². The molecule has 148 valence electrons. The zero-order valence-electron chi connectivity index (χ0n) is 16.7. The number of carbonyl (C=O) groups is 2. The van der Waals surface area contributed by atoms with Crippen LogP contribution in [-0.2, 0) is 9.59 Å². The average molecular weight is 382 g/mol. The molecule has 2 unspecified atom stereocenters. The van der Waals surface area contributed by atoms with Crippen LogP contribution in [0.5, 0.6) is 0 Å². The smallest absolute Gasteiger partial charge is 0.247 e. The largest absolute Gasteiger partial charge is 0.354 e. The molecule has 8 nitrogen and oxygen atoms in total. The van der Waals surface area contributed by atoms with Gasteiger partial charge in [-0.25, -0.2) is 9.97 Å². The lowest BCUT2D eigenvalue weighted by atomic mass is 9.89. The van der Waals surface area contributed by atoms with Gasteiger partial charge in [0.2, 0.25) is 5.91 Å². The van der Waals surface area contributed by atoms with Crippen molar-refractivity contribution in [2.24, 2.45) is 17.8 Å². The standard InChI is InChI=1S/C20H26N6O2/c1-12(2)17(27)15(9-21)20(28)26-8-6-13(3)16(10-26)25(4)19-14-5-7-22-18(14)23-11-24-19/h5,7,11-13,15-16H,6,8,10H2,1-4H3,(H,22,23,24)/t13-,15?,16?/m1/s1. The monoisotopic (exact) mass is 382 g/mol. The lowest BCUT2D eigenvalue weighted by Crippen LogP contribution is -2.54. The summed E-state index contributed by atoms with van der Waals surface area (Å²) in [5.74, 6) is -1.15. The number of H-pyrrole nitrogens is 1. The zero-order chi connectivity index (χ0) is 20.4.